The number of hydrogen-bond donors (Lipinski definition) is 1. The molecule has 0 bridgehead atoms. The van der Waals surface area contributed by atoms with Crippen LogP contribution in [0.5, 0.6) is 0 Å². The van der Waals surface area contributed by atoms with E-state index in [1.807, 2.05) is 0 Å². The molecule has 0 radical (unpaired) electrons. The largest absolute Gasteiger partial charge is 0.383 e. The molecule has 5 heteroatoms. The van der Waals surface area contributed by atoms with Gasteiger partial charge in [-0.05, 0) is 20.8 Å². The van der Waals surface area contributed by atoms with Crippen molar-refractivity contribution in [1.29, 1.82) is 0 Å². The molecule has 100 valence electrons. The van der Waals surface area contributed by atoms with Crippen molar-refractivity contribution >= 4 is 5.96 Å². The second-order valence-electron chi connectivity index (χ2n) is 5.46. The van der Waals surface area contributed by atoms with Crippen LogP contribution in [0.1, 0.15) is 27.2 Å². The molecule has 17 heavy (non-hydrogen) atoms. The zero-order chi connectivity index (χ0) is 13.1. The number of rotatable bonds is 6. The summed E-state index contributed by atoms with van der Waals surface area (Å²) in [5.74, 6) is 0.608. The fraction of sp³-hybridized carbons (Fsp3) is 0.917. The van der Waals surface area contributed by atoms with Crippen molar-refractivity contribution in [2.45, 2.75) is 38.3 Å². The lowest BCUT2D eigenvalue weighted by molar-refractivity contribution is -0.0193. The van der Waals surface area contributed by atoms with Crippen LogP contribution in [0.4, 0.5) is 0 Å². The lowest BCUT2D eigenvalue weighted by Crippen LogP contribution is -2.54. The van der Waals surface area contributed by atoms with Gasteiger partial charge in [0.2, 0.25) is 0 Å². The van der Waals surface area contributed by atoms with Crippen molar-refractivity contribution in [2.24, 2.45) is 10.7 Å². The minimum atomic E-state index is -0.180. The van der Waals surface area contributed by atoms with Gasteiger partial charge in [-0.15, -0.1) is 0 Å². The fourth-order valence-corrected chi connectivity index (χ4v) is 2.41. The van der Waals surface area contributed by atoms with Crippen molar-refractivity contribution in [3.8, 4) is 0 Å². The molecule has 0 fully saturated rings. The molecule has 0 aromatic heterocycles. The van der Waals surface area contributed by atoms with Gasteiger partial charge in [-0.3, -0.25) is 4.99 Å². The van der Waals surface area contributed by atoms with Crippen molar-refractivity contribution in [1.82, 2.24) is 4.90 Å². The van der Waals surface area contributed by atoms with Gasteiger partial charge in [-0.2, -0.15) is 0 Å². The topological polar surface area (TPSA) is 60.1 Å². The SMILES string of the molecule is COCCN1C(N)=NCC1(C)CC(C)(C)OC. The molecule has 0 spiro atoms. The summed E-state index contributed by atoms with van der Waals surface area (Å²) in [6, 6.07) is 0. The summed E-state index contributed by atoms with van der Waals surface area (Å²) in [6.07, 6.45) is 0.879. The molecule has 0 saturated heterocycles. The van der Waals surface area contributed by atoms with Gasteiger partial charge < -0.3 is 20.1 Å². The van der Waals surface area contributed by atoms with Crippen molar-refractivity contribution in [3.05, 3.63) is 0 Å². The molecule has 0 amide bonds. The standard InChI is InChI=1S/C12H25N3O2/c1-11(2,17-5)8-12(3)9-14-10(13)15(12)6-7-16-4/h6-9H2,1-5H3,(H2,13,14). The number of guanidine groups is 1. The lowest BCUT2D eigenvalue weighted by atomic mass is 9.87. The van der Waals surface area contributed by atoms with Gasteiger partial charge >= 0.3 is 0 Å². The molecule has 1 rings (SSSR count). The molecule has 0 aliphatic carbocycles. The maximum absolute atomic E-state index is 5.94. The number of nitrogens with two attached hydrogens (primary N) is 1. The van der Waals surface area contributed by atoms with E-state index in [0.717, 1.165) is 19.5 Å². The van der Waals surface area contributed by atoms with E-state index in [9.17, 15) is 0 Å². The van der Waals surface area contributed by atoms with Crippen LogP contribution in [-0.2, 0) is 9.47 Å². The summed E-state index contributed by atoms with van der Waals surface area (Å²) in [4.78, 5) is 6.47. The zero-order valence-electron chi connectivity index (χ0n) is 11.6. The number of nitrogens with zero attached hydrogens (tertiary/aromatic N) is 2. The van der Waals surface area contributed by atoms with E-state index in [0.29, 0.717) is 12.6 Å². The van der Waals surface area contributed by atoms with Crippen molar-refractivity contribution < 1.29 is 9.47 Å². The molecular formula is C12H25N3O2. The Hall–Kier alpha value is -0.810. The summed E-state index contributed by atoms with van der Waals surface area (Å²) in [5.41, 5.74) is 5.67. The maximum Gasteiger partial charge on any atom is 0.191 e. The molecule has 1 aliphatic heterocycles. The van der Waals surface area contributed by atoms with Crippen molar-refractivity contribution in [2.75, 3.05) is 33.9 Å². The van der Waals surface area contributed by atoms with E-state index in [1.54, 1.807) is 14.2 Å². The minimum Gasteiger partial charge on any atom is -0.383 e. The quantitative estimate of drug-likeness (QED) is 0.751. The first-order valence-corrected chi connectivity index (χ1v) is 5.96. The summed E-state index contributed by atoms with van der Waals surface area (Å²) < 4.78 is 10.6. The smallest absolute Gasteiger partial charge is 0.191 e. The number of ether oxygens (including phenoxy) is 2. The normalized spacial score (nSPS) is 25.2. The first kappa shape index (κ1) is 14.3. The van der Waals surface area contributed by atoms with E-state index < -0.39 is 0 Å². The molecular weight excluding hydrogens is 218 g/mol. The number of hydrogen-bond acceptors (Lipinski definition) is 5. The van der Waals surface area contributed by atoms with E-state index in [2.05, 4.69) is 30.7 Å². The van der Waals surface area contributed by atoms with Crippen LogP contribution in [0.3, 0.4) is 0 Å². The van der Waals surface area contributed by atoms with Crippen LogP contribution < -0.4 is 5.73 Å². The van der Waals surface area contributed by atoms with Crippen LogP contribution in [0.25, 0.3) is 0 Å². The molecule has 2 N–H and O–H groups in total. The second-order valence-corrected chi connectivity index (χ2v) is 5.46. The Morgan fingerprint density at radius 1 is 1.47 bits per heavy atom. The van der Waals surface area contributed by atoms with Crippen molar-refractivity contribution in [3.63, 3.8) is 0 Å². The fourth-order valence-electron chi connectivity index (χ4n) is 2.41. The Labute approximate surface area is 104 Å². The van der Waals surface area contributed by atoms with Gasteiger partial charge in [-0.25, -0.2) is 0 Å². The van der Waals surface area contributed by atoms with Gasteiger partial charge in [0.1, 0.15) is 0 Å². The highest BCUT2D eigenvalue weighted by Crippen LogP contribution is 2.31. The van der Waals surface area contributed by atoms with Gasteiger partial charge in [-0.1, -0.05) is 0 Å². The van der Waals surface area contributed by atoms with Gasteiger partial charge in [0.25, 0.3) is 0 Å². The predicted octanol–water partition coefficient (Wildman–Crippen LogP) is 0.837. The third-order valence-electron chi connectivity index (χ3n) is 3.39. The first-order chi connectivity index (χ1) is 7.84. The Bertz CT molecular complexity index is 291. The predicted molar refractivity (Wildman–Crippen MR) is 69.2 cm³/mol. The molecule has 1 unspecified atom stereocenters. The highest BCUT2D eigenvalue weighted by atomic mass is 16.5. The molecule has 1 atom stereocenters. The van der Waals surface area contributed by atoms with Crippen LogP contribution in [-0.4, -0.2) is 55.9 Å². The molecule has 0 aromatic carbocycles. The lowest BCUT2D eigenvalue weighted by Gasteiger charge is -2.40. The number of aliphatic imine (C=N–C) groups is 1. The van der Waals surface area contributed by atoms with Crippen LogP contribution in [0, 0.1) is 0 Å². The summed E-state index contributed by atoms with van der Waals surface area (Å²) in [7, 11) is 3.43. The monoisotopic (exact) mass is 243 g/mol. The highest BCUT2D eigenvalue weighted by Gasteiger charge is 2.41. The second kappa shape index (κ2) is 5.23. The molecule has 1 heterocycles. The molecule has 5 nitrogen and oxygen atoms in total. The third-order valence-corrected chi connectivity index (χ3v) is 3.39. The average Bonchev–Trinajstić information content (AvgIpc) is 2.52. The first-order valence-electron chi connectivity index (χ1n) is 5.96. The van der Waals surface area contributed by atoms with Crippen LogP contribution in [0.15, 0.2) is 4.99 Å². The molecule has 0 saturated carbocycles. The van der Waals surface area contributed by atoms with E-state index in [-0.39, 0.29) is 11.1 Å². The average molecular weight is 243 g/mol. The van der Waals surface area contributed by atoms with Crippen LogP contribution >= 0.6 is 0 Å². The minimum absolute atomic E-state index is 0.0812. The Kier molecular flexibility index (Phi) is 4.38. The van der Waals surface area contributed by atoms with Gasteiger partial charge in [0, 0.05) is 27.2 Å². The van der Waals surface area contributed by atoms with E-state index in [1.165, 1.54) is 0 Å². The summed E-state index contributed by atoms with van der Waals surface area (Å²) in [6.45, 7) is 8.48. The van der Waals surface area contributed by atoms with E-state index >= 15 is 0 Å². The Balaban J connectivity index is 2.73. The van der Waals surface area contributed by atoms with Gasteiger partial charge in [0.05, 0.1) is 24.3 Å². The summed E-state index contributed by atoms with van der Waals surface area (Å²) in [5, 5.41) is 0. The molecule has 1 aliphatic rings. The third kappa shape index (κ3) is 3.33. The number of methoxy groups -OCH3 is 2. The maximum atomic E-state index is 5.94. The Morgan fingerprint density at radius 3 is 2.65 bits per heavy atom. The zero-order valence-corrected chi connectivity index (χ0v) is 11.6. The molecule has 0 aromatic rings. The van der Waals surface area contributed by atoms with Crippen LogP contribution in [0.2, 0.25) is 0 Å². The van der Waals surface area contributed by atoms with Gasteiger partial charge in [0.15, 0.2) is 5.96 Å². The summed E-state index contributed by atoms with van der Waals surface area (Å²) >= 11 is 0. The van der Waals surface area contributed by atoms with E-state index in [4.69, 9.17) is 15.2 Å². The highest BCUT2D eigenvalue weighted by molar-refractivity contribution is 5.81. The Morgan fingerprint density at radius 2 is 2.12 bits per heavy atom.